The van der Waals surface area contributed by atoms with Gasteiger partial charge in [-0.15, -0.1) is 11.8 Å². The summed E-state index contributed by atoms with van der Waals surface area (Å²) in [6.45, 7) is 1.74. The fourth-order valence-electron chi connectivity index (χ4n) is 4.57. The fraction of sp³-hybridized carbons (Fsp3) is 0.125. The molecule has 2 N–H and O–H groups in total. The molecule has 1 unspecified atom stereocenters. The van der Waals surface area contributed by atoms with Gasteiger partial charge < -0.3 is 20.1 Å². The molecule has 4 aromatic rings. The number of fused-ring (bicyclic) bond motifs is 2. The molecule has 1 aliphatic rings. The van der Waals surface area contributed by atoms with Crippen LogP contribution in [0.1, 0.15) is 49.1 Å². The van der Waals surface area contributed by atoms with Crippen LogP contribution in [-0.2, 0) is 4.79 Å². The van der Waals surface area contributed by atoms with Gasteiger partial charge in [0, 0.05) is 32.8 Å². The van der Waals surface area contributed by atoms with Crippen LogP contribution in [0.15, 0.2) is 89.8 Å². The molecule has 0 heterocycles. The molecule has 5 rings (SSSR count). The van der Waals surface area contributed by atoms with Crippen molar-refractivity contribution in [1.29, 1.82) is 0 Å². The Morgan fingerprint density at radius 3 is 2.15 bits per heavy atom. The largest absolute Gasteiger partial charge is 0.493 e. The van der Waals surface area contributed by atoms with Gasteiger partial charge in [0.1, 0.15) is 0 Å². The second-order valence-electron chi connectivity index (χ2n) is 9.23. The number of carbonyl (C=O) groups is 4. The van der Waals surface area contributed by atoms with Gasteiger partial charge in [-0.1, -0.05) is 42.5 Å². The van der Waals surface area contributed by atoms with Crippen molar-refractivity contribution in [3.05, 3.63) is 113 Å². The zero-order valence-corrected chi connectivity index (χ0v) is 23.3. The lowest BCUT2D eigenvalue weighted by Gasteiger charge is -2.21. The number of nitrogens with one attached hydrogen (secondary N) is 2. The summed E-state index contributed by atoms with van der Waals surface area (Å²) in [6, 6.07) is 23.6. The molecule has 8 nitrogen and oxygen atoms in total. The van der Waals surface area contributed by atoms with Gasteiger partial charge in [0.05, 0.1) is 30.7 Å². The molecule has 0 fully saturated rings. The highest BCUT2D eigenvalue weighted by Gasteiger charge is 2.32. The van der Waals surface area contributed by atoms with E-state index in [4.69, 9.17) is 9.47 Å². The van der Waals surface area contributed by atoms with Gasteiger partial charge in [0.25, 0.3) is 5.91 Å². The van der Waals surface area contributed by atoms with Gasteiger partial charge in [-0.3, -0.25) is 19.2 Å². The molecule has 0 aliphatic heterocycles. The molecule has 4 aromatic carbocycles. The normalized spacial score (nSPS) is 12.6. The average Bonchev–Trinajstić information content (AvgIpc) is 2.99. The number of methoxy groups -OCH3 is 2. The Labute approximate surface area is 241 Å². The quantitative estimate of drug-likeness (QED) is 0.227. The van der Waals surface area contributed by atoms with E-state index in [2.05, 4.69) is 10.6 Å². The standard InChI is InChI=1S/C32H26N2O6S/c1-18(31(37)34-25-13-7-12-24-28(25)30(36)23-11-5-4-10-22(23)29(24)35)41-21-9-6-8-20(17-21)33-32(38)19-14-15-26(39-2)27(16-19)40-3/h4-18H,1-3H3,(H,33,38)(H,34,37). The Hall–Kier alpha value is -4.89. The Morgan fingerprint density at radius 2 is 1.41 bits per heavy atom. The van der Waals surface area contributed by atoms with Gasteiger partial charge in [-0.05, 0) is 49.4 Å². The summed E-state index contributed by atoms with van der Waals surface area (Å²) in [5, 5.41) is 5.15. The number of hydrogen-bond donors (Lipinski definition) is 2. The summed E-state index contributed by atoms with van der Waals surface area (Å²) in [6.07, 6.45) is 0. The summed E-state index contributed by atoms with van der Waals surface area (Å²) < 4.78 is 10.5. The maximum Gasteiger partial charge on any atom is 0.255 e. The van der Waals surface area contributed by atoms with Gasteiger partial charge in [0.2, 0.25) is 5.91 Å². The highest BCUT2D eigenvalue weighted by Crippen LogP contribution is 2.33. The number of benzene rings is 4. The second kappa shape index (κ2) is 11.7. The van der Waals surface area contributed by atoms with E-state index < -0.39 is 5.25 Å². The van der Waals surface area contributed by atoms with Crippen molar-refractivity contribution in [2.45, 2.75) is 17.1 Å². The SMILES string of the molecule is COc1ccc(C(=O)Nc2cccc(SC(C)C(=O)Nc3cccc4c3C(=O)c3ccccc3C4=O)c2)cc1OC. The van der Waals surface area contributed by atoms with Crippen LogP contribution in [0, 0.1) is 0 Å². The molecular weight excluding hydrogens is 540 g/mol. The fourth-order valence-corrected chi connectivity index (χ4v) is 5.50. The minimum atomic E-state index is -0.552. The number of ether oxygens (including phenoxy) is 2. The third-order valence-corrected chi connectivity index (χ3v) is 7.72. The number of rotatable bonds is 8. The summed E-state index contributed by atoms with van der Waals surface area (Å²) in [5.41, 5.74) is 2.39. The number of ketones is 2. The van der Waals surface area contributed by atoms with Crippen molar-refractivity contribution in [3.8, 4) is 11.5 Å². The minimum Gasteiger partial charge on any atom is -0.493 e. The maximum absolute atomic E-state index is 13.3. The van der Waals surface area contributed by atoms with Crippen molar-refractivity contribution in [2.75, 3.05) is 24.9 Å². The first-order chi connectivity index (χ1) is 19.8. The highest BCUT2D eigenvalue weighted by atomic mass is 32.2. The van der Waals surface area contributed by atoms with Gasteiger partial charge in [-0.2, -0.15) is 0 Å². The maximum atomic E-state index is 13.3. The molecule has 1 aliphatic carbocycles. The van der Waals surface area contributed by atoms with Crippen molar-refractivity contribution < 1.29 is 28.7 Å². The van der Waals surface area contributed by atoms with Crippen molar-refractivity contribution >= 4 is 46.5 Å². The van der Waals surface area contributed by atoms with Crippen LogP contribution in [0.3, 0.4) is 0 Å². The number of amides is 2. The monoisotopic (exact) mass is 566 g/mol. The van der Waals surface area contributed by atoms with E-state index in [1.807, 2.05) is 6.07 Å². The van der Waals surface area contributed by atoms with Crippen LogP contribution in [0.5, 0.6) is 11.5 Å². The molecule has 41 heavy (non-hydrogen) atoms. The molecular formula is C32H26N2O6S. The third kappa shape index (κ3) is 5.57. The van der Waals surface area contributed by atoms with Crippen molar-refractivity contribution in [2.24, 2.45) is 0 Å². The number of hydrogen-bond acceptors (Lipinski definition) is 7. The zero-order valence-electron chi connectivity index (χ0n) is 22.5. The molecule has 0 bridgehead atoms. The first-order valence-corrected chi connectivity index (χ1v) is 13.6. The lowest BCUT2D eigenvalue weighted by Crippen LogP contribution is -2.27. The average molecular weight is 567 g/mol. The Kier molecular flexibility index (Phi) is 7.89. The molecule has 206 valence electrons. The lowest BCUT2D eigenvalue weighted by molar-refractivity contribution is -0.115. The van der Waals surface area contributed by atoms with E-state index in [0.717, 1.165) is 4.90 Å². The van der Waals surface area contributed by atoms with E-state index in [9.17, 15) is 19.2 Å². The Balaban J connectivity index is 1.28. The van der Waals surface area contributed by atoms with E-state index in [-0.39, 0.29) is 34.5 Å². The predicted octanol–water partition coefficient (Wildman–Crippen LogP) is 5.85. The first kappa shape index (κ1) is 27.7. The van der Waals surface area contributed by atoms with E-state index in [1.165, 1.54) is 26.0 Å². The Bertz CT molecular complexity index is 1700. The molecule has 1 atom stereocenters. The highest BCUT2D eigenvalue weighted by molar-refractivity contribution is 8.00. The second-order valence-corrected chi connectivity index (χ2v) is 10.6. The van der Waals surface area contributed by atoms with Crippen LogP contribution in [0.2, 0.25) is 0 Å². The molecule has 0 aromatic heterocycles. The van der Waals surface area contributed by atoms with Crippen molar-refractivity contribution in [1.82, 2.24) is 0 Å². The number of carbonyl (C=O) groups excluding carboxylic acids is 4. The molecule has 9 heteroatoms. The molecule has 0 saturated carbocycles. The predicted molar refractivity (Wildman–Crippen MR) is 158 cm³/mol. The van der Waals surface area contributed by atoms with Gasteiger partial charge >= 0.3 is 0 Å². The summed E-state index contributed by atoms with van der Waals surface area (Å²) >= 11 is 1.29. The number of anilines is 2. The van der Waals surface area contributed by atoms with E-state index in [1.54, 1.807) is 85.8 Å². The van der Waals surface area contributed by atoms with Crippen LogP contribution in [-0.4, -0.2) is 42.9 Å². The topological polar surface area (TPSA) is 111 Å². The lowest BCUT2D eigenvalue weighted by atomic mass is 9.83. The molecule has 0 saturated heterocycles. The third-order valence-electron chi connectivity index (χ3n) is 6.63. The molecule has 2 amide bonds. The summed E-state index contributed by atoms with van der Waals surface area (Å²) in [7, 11) is 3.02. The number of thioether (sulfide) groups is 1. The first-order valence-electron chi connectivity index (χ1n) is 12.7. The van der Waals surface area contributed by atoms with Gasteiger partial charge in [0.15, 0.2) is 23.1 Å². The summed E-state index contributed by atoms with van der Waals surface area (Å²) in [5.74, 6) is -0.244. The van der Waals surface area contributed by atoms with E-state index >= 15 is 0 Å². The van der Waals surface area contributed by atoms with Crippen LogP contribution < -0.4 is 20.1 Å². The Morgan fingerprint density at radius 1 is 0.732 bits per heavy atom. The van der Waals surface area contributed by atoms with Crippen LogP contribution in [0.25, 0.3) is 0 Å². The summed E-state index contributed by atoms with van der Waals surface area (Å²) in [4.78, 5) is 53.0. The van der Waals surface area contributed by atoms with Crippen molar-refractivity contribution in [3.63, 3.8) is 0 Å². The smallest absolute Gasteiger partial charge is 0.255 e. The zero-order chi connectivity index (χ0) is 29.1. The van der Waals surface area contributed by atoms with Crippen LogP contribution in [0.4, 0.5) is 11.4 Å². The van der Waals surface area contributed by atoms with Crippen LogP contribution >= 0.6 is 11.8 Å². The molecule has 0 radical (unpaired) electrons. The minimum absolute atomic E-state index is 0.196. The van der Waals surface area contributed by atoms with E-state index in [0.29, 0.717) is 39.6 Å². The van der Waals surface area contributed by atoms with Gasteiger partial charge in [-0.25, -0.2) is 0 Å². The molecule has 0 spiro atoms.